The zero-order chi connectivity index (χ0) is 9.14. The van der Waals surface area contributed by atoms with Crippen LogP contribution in [-0.2, 0) is 0 Å². The number of likely N-dealkylation sites (N-methyl/N-ethyl adjacent to an activating group) is 1. The lowest BCUT2D eigenvalue weighted by Crippen LogP contribution is -2.27. The Morgan fingerprint density at radius 1 is 1.75 bits per heavy atom. The van der Waals surface area contributed by atoms with Gasteiger partial charge in [-0.2, -0.15) is 0 Å². The molecule has 3 N–H and O–H groups in total. The highest BCUT2D eigenvalue weighted by molar-refractivity contribution is 4.88. The lowest BCUT2D eigenvalue weighted by molar-refractivity contribution is 0.349. The normalized spacial score (nSPS) is 13.7. The van der Waals surface area contributed by atoms with Crippen LogP contribution in [-0.4, -0.2) is 35.7 Å². The molecular formula is C6H12N4O2. The van der Waals surface area contributed by atoms with Crippen molar-refractivity contribution in [3.63, 3.8) is 0 Å². The van der Waals surface area contributed by atoms with Crippen LogP contribution in [0.5, 0.6) is 0 Å². The van der Waals surface area contributed by atoms with Gasteiger partial charge in [-0.1, -0.05) is 5.16 Å². The van der Waals surface area contributed by atoms with Gasteiger partial charge in [-0.15, -0.1) is 0 Å². The Bertz CT molecular complexity index is 290. The molecule has 0 amide bonds. The maximum atomic E-state index is 10.5. The maximum absolute atomic E-state index is 10.5. The second-order valence-electron chi connectivity index (χ2n) is 2.85. The van der Waals surface area contributed by atoms with Crippen LogP contribution in [0.2, 0.25) is 0 Å². The van der Waals surface area contributed by atoms with Gasteiger partial charge in [0.25, 0.3) is 0 Å². The Morgan fingerprint density at radius 2 is 2.42 bits per heavy atom. The lowest BCUT2D eigenvalue weighted by atomic mass is 10.3. The number of aromatic amines is 1. The summed E-state index contributed by atoms with van der Waals surface area (Å²) >= 11 is 0. The minimum absolute atomic E-state index is 0.313. The van der Waals surface area contributed by atoms with Gasteiger partial charge in [-0.3, -0.25) is 9.51 Å². The third-order valence-corrected chi connectivity index (χ3v) is 1.37. The van der Waals surface area contributed by atoms with Crippen molar-refractivity contribution >= 4 is 0 Å². The van der Waals surface area contributed by atoms with Crippen molar-refractivity contribution in [2.24, 2.45) is 5.73 Å². The number of nitrogens with two attached hydrogens (primary N) is 1. The van der Waals surface area contributed by atoms with Crippen LogP contribution < -0.4 is 11.5 Å². The van der Waals surface area contributed by atoms with Gasteiger partial charge in [0.15, 0.2) is 5.82 Å². The van der Waals surface area contributed by atoms with E-state index >= 15 is 0 Å². The first kappa shape index (κ1) is 8.95. The van der Waals surface area contributed by atoms with E-state index in [4.69, 9.17) is 5.73 Å². The average Bonchev–Trinajstić information content (AvgIpc) is 2.34. The molecule has 0 radical (unpaired) electrons. The molecule has 1 rings (SSSR count). The van der Waals surface area contributed by atoms with Crippen molar-refractivity contribution in [2.75, 3.05) is 20.6 Å². The van der Waals surface area contributed by atoms with E-state index in [1.165, 1.54) is 0 Å². The monoisotopic (exact) mass is 172 g/mol. The van der Waals surface area contributed by atoms with Crippen LogP contribution in [0.4, 0.5) is 0 Å². The Morgan fingerprint density at radius 3 is 2.83 bits per heavy atom. The van der Waals surface area contributed by atoms with E-state index in [9.17, 15) is 4.79 Å². The van der Waals surface area contributed by atoms with Gasteiger partial charge in [0.2, 0.25) is 0 Å². The Hall–Kier alpha value is -1.14. The molecule has 0 aliphatic rings. The third kappa shape index (κ3) is 2.18. The molecule has 6 nitrogen and oxygen atoms in total. The zero-order valence-electron chi connectivity index (χ0n) is 7.07. The van der Waals surface area contributed by atoms with Crippen LogP contribution in [0.3, 0.4) is 0 Å². The predicted molar refractivity (Wildman–Crippen MR) is 42.6 cm³/mol. The molecule has 6 heteroatoms. The van der Waals surface area contributed by atoms with Crippen molar-refractivity contribution in [1.82, 2.24) is 15.0 Å². The molecule has 0 fully saturated rings. The molecule has 0 saturated carbocycles. The lowest BCUT2D eigenvalue weighted by Gasteiger charge is -2.13. The van der Waals surface area contributed by atoms with E-state index in [0.29, 0.717) is 12.4 Å². The number of H-pyrrole nitrogens is 1. The molecule has 0 aliphatic carbocycles. The van der Waals surface area contributed by atoms with Crippen molar-refractivity contribution in [1.29, 1.82) is 0 Å². The topological polar surface area (TPSA) is 88.2 Å². The number of nitrogens with zero attached hydrogens (tertiary/aromatic N) is 2. The zero-order valence-corrected chi connectivity index (χ0v) is 7.07. The maximum Gasteiger partial charge on any atom is 0.438 e. The van der Waals surface area contributed by atoms with Crippen molar-refractivity contribution in [2.45, 2.75) is 6.04 Å². The summed E-state index contributed by atoms with van der Waals surface area (Å²) in [5.74, 6) is -0.187. The summed E-state index contributed by atoms with van der Waals surface area (Å²) in [6.07, 6.45) is 0. The highest BCUT2D eigenvalue weighted by Gasteiger charge is 2.11. The largest absolute Gasteiger partial charge is 0.438 e. The van der Waals surface area contributed by atoms with Crippen molar-refractivity contribution in [3.05, 3.63) is 16.4 Å². The van der Waals surface area contributed by atoms with Crippen LogP contribution in [0, 0.1) is 0 Å². The fourth-order valence-electron chi connectivity index (χ4n) is 0.881. The summed E-state index contributed by atoms with van der Waals surface area (Å²) < 4.78 is 4.31. The molecule has 1 unspecified atom stereocenters. The minimum Gasteiger partial charge on any atom is -0.320 e. The second-order valence-corrected chi connectivity index (χ2v) is 2.85. The second kappa shape index (κ2) is 3.51. The Balaban J connectivity index is 2.65. The molecule has 0 aromatic carbocycles. The van der Waals surface area contributed by atoms with Gasteiger partial charge in [0, 0.05) is 6.54 Å². The van der Waals surface area contributed by atoms with Gasteiger partial charge in [-0.25, -0.2) is 4.79 Å². The molecule has 12 heavy (non-hydrogen) atoms. The summed E-state index contributed by atoms with van der Waals surface area (Å²) in [5, 5.41) is 3.47. The van der Waals surface area contributed by atoms with Crippen LogP contribution in [0.15, 0.2) is 9.32 Å². The average molecular weight is 172 g/mol. The van der Waals surface area contributed by atoms with Gasteiger partial charge >= 0.3 is 5.76 Å². The van der Waals surface area contributed by atoms with Crippen LogP contribution in [0.25, 0.3) is 0 Å². The molecule has 1 heterocycles. The van der Waals surface area contributed by atoms with E-state index in [1.54, 1.807) is 0 Å². The van der Waals surface area contributed by atoms with Crippen molar-refractivity contribution < 1.29 is 4.52 Å². The molecular weight excluding hydrogens is 160 g/mol. The quantitative estimate of drug-likeness (QED) is 0.605. The smallest absolute Gasteiger partial charge is 0.320 e. The summed E-state index contributed by atoms with van der Waals surface area (Å²) in [6, 6.07) is -0.313. The first-order valence-electron chi connectivity index (χ1n) is 3.56. The number of aromatic nitrogens is 2. The van der Waals surface area contributed by atoms with E-state index in [0.717, 1.165) is 0 Å². The van der Waals surface area contributed by atoms with Gasteiger partial charge in [0.1, 0.15) is 0 Å². The summed E-state index contributed by atoms with van der Waals surface area (Å²) in [4.78, 5) is 14.8. The number of hydrogen-bond acceptors (Lipinski definition) is 5. The van der Waals surface area contributed by atoms with Crippen LogP contribution in [0.1, 0.15) is 11.9 Å². The fraction of sp³-hybridized carbons (Fsp3) is 0.667. The number of rotatable bonds is 3. The highest BCUT2D eigenvalue weighted by atomic mass is 16.5. The van der Waals surface area contributed by atoms with E-state index in [2.05, 4.69) is 14.7 Å². The first-order valence-corrected chi connectivity index (χ1v) is 3.56. The van der Waals surface area contributed by atoms with Crippen molar-refractivity contribution in [3.8, 4) is 0 Å². The fourth-order valence-corrected chi connectivity index (χ4v) is 0.881. The molecule has 0 bridgehead atoms. The highest BCUT2D eigenvalue weighted by Crippen LogP contribution is 2.01. The Labute approximate surface area is 69.3 Å². The number of hydrogen-bond donors (Lipinski definition) is 2. The molecule has 1 aromatic rings. The minimum atomic E-state index is -0.570. The molecule has 68 valence electrons. The predicted octanol–water partition coefficient (Wildman–Crippen LogP) is -1.08. The SMILES string of the molecule is CN(C)CC(N)c1noc(=O)[nH]1. The molecule has 0 aliphatic heterocycles. The molecule has 1 atom stereocenters. The van der Waals surface area contributed by atoms with E-state index < -0.39 is 5.76 Å². The molecule has 0 spiro atoms. The molecule has 0 saturated heterocycles. The third-order valence-electron chi connectivity index (χ3n) is 1.37. The summed E-state index contributed by atoms with van der Waals surface area (Å²) in [5.41, 5.74) is 5.67. The summed E-state index contributed by atoms with van der Waals surface area (Å²) in [6.45, 7) is 0.614. The van der Waals surface area contributed by atoms with E-state index in [1.807, 2.05) is 19.0 Å². The molecule has 1 aromatic heterocycles. The van der Waals surface area contributed by atoms with E-state index in [-0.39, 0.29) is 6.04 Å². The van der Waals surface area contributed by atoms with Gasteiger partial charge in [0.05, 0.1) is 6.04 Å². The first-order chi connectivity index (χ1) is 5.59. The number of nitrogens with one attached hydrogen (secondary N) is 1. The van der Waals surface area contributed by atoms with Gasteiger partial charge in [-0.05, 0) is 14.1 Å². The Kier molecular flexibility index (Phi) is 2.61. The van der Waals surface area contributed by atoms with Crippen LogP contribution >= 0.6 is 0 Å². The summed E-state index contributed by atoms with van der Waals surface area (Å²) in [7, 11) is 3.77. The standard InChI is InChI=1S/C6H12N4O2/c1-10(2)3-4(7)5-8-6(11)12-9-5/h4H,3,7H2,1-2H3,(H,8,9,11). The van der Waals surface area contributed by atoms with Gasteiger partial charge < -0.3 is 10.6 Å².